The number of ether oxygens (including phenoxy) is 1. The minimum Gasteiger partial charge on any atom is -0.872 e. The molecule has 1 aliphatic rings. The number of hydrogen-bond donors (Lipinski definition) is 1. The number of Topliss-reactive ketones (excluding diaryl/α,β-unsaturated/α-hetero) is 1. The summed E-state index contributed by atoms with van der Waals surface area (Å²) in [7, 11) is 0. The predicted octanol–water partition coefficient (Wildman–Crippen LogP) is 3.23. The van der Waals surface area contributed by atoms with Gasteiger partial charge in [-0.25, -0.2) is 0 Å². The third kappa shape index (κ3) is 4.18. The monoisotopic (exact) mass is 385 g/mol. The average molecular weight is 386 g/mol. The topological polar surface area (TPSA) is 53.8 Å². The summed E-state index contributed by atoms with van der Waals surface area (Å²) < 4.78 is 5.89. The molecule has 2 aromatic carbocycles. The van der Waals surface area contributed by atoms with Crippen molar-refractivity contribution in [1.82, 2.24) is 0 Å². The molecule has 4 nitrogen and oxygen atoms in total. The molecule has 27 heavy (non-hydrogen) atoms. The first-order valence-corrected chi connectivity index (χ1v) is 9.78. The van der Waals surface area contributed by atoms with Crippen molar-refractivity contribution in [2.75, 3.05) is 13.1 Å². The smallest absolute Gasteiger partial charge is 0.231 e. The Balaban J connectivity index is 1.95. The molecule has 1 heterocycles. The summed E-state index contributed by atoms with van der Waals surface area (Å²) in [5.74, 6) is 0.331. The van der Waals surface area contributed by atoms with Crippen molar-refractivity contribution in [3.8, 4) is 11.5 Å². The third-order valence-corrected chi connectivity index (χ3v) is 5.07. The highest BCUT2D eigenvalue weighted by Crippen LogP contribution is 2.38. The molecule has 0 radical (unpaired) electrons. The van der Waals surface area contributed by atoms with Gasteiger partial charge in [0.1, 0.15) is 12.3 Å². The molecule has 1 N–H and O–H groups in total. The first kappa shape index (κ1) is 19.5. The van der Waals surface area contributed by atoms with Gasteiger partial charge in [-0.15, -0.1) is 0 Å². The summed E-state index contributed by atoms with van der Waals surface area (Å²) >= 11 is 6.19. The Morgan fingerprint density at radius 3 is 2.48 bits per heavy atom. The first-order chi connectivity index (χ1) is 13.0. The molecule has 2 aromatic rings. The van der Waals surface area contributed by atoms with Crippen LogP contribution in [-0.4, -0.2) is 18.9 Å². The van der Waals surface area contributed by atoms with E-state index in [1.807, 2.05) is 18.2 Å². The Labute approximate surface area is 165 Å². The number of benzene rings is 2. The number of quaternary nitrogens is 1. The van der Waals surface area contributed by atoms with Crippen LogP contribution < -0.4 is 14.7 Å². The Morgan fingerprint density at radius 2 is 1.81 bits per heavy atom. The lowest BCUT2D eigenvalue weighted by Crippen LogP contribution is -3.10. The maximum Gasteiger partial charge on any atom is 0.231 e. The van der Waals surface area contributed by atoms with Crippen LogP contribution in [0.2, 0.25) is 5.02 Å². The quantitative estimate of drug-likeness (QED) is 0.744. The van der Waals surface area contributed by atoms with Gasteiger partial charge in [0.2, 0.25) is 5.78 Å². The summed E-state index contributed by atoms with van der Waals surface area (Å²) in [5, 5.41) is 13.0. The Morgan fingerprint density at radius 1 is 1.11 bits per heavy atom. The van der Waals surface area contributed by atoms with E-state index in [2.05, 4.69) is 13.8 Å². The minimum atomic E-state index is -0.210. The number of nitrogens with one attached hydrogen (secondary N) is 1. The number of halogens is 1. The molecule has 0 aliphatic carbocycles. The van der Waals surface area contributed by atoms with Crippen LogP contribution in [-0.2, 0) is 6.54 Å². The molecule has 0 bridgehead atoms. The Bertz CT molecular complexity index is 870. The van der Waals surface area contributed by atoms with E-state index < -0.39 is 0 Å². The van der Waals surface area contributed by atoms with E-state index in [4.69, 9.17) is 16.3 Å². The molecular formula is C22H24ClNO3. The molecule has 5 heteroatoms. The van der Waals surface area contributed by atoms with Crippen LogP contribution in [0, 0.1) is 0 Å². The number of carbonyl (C=O) groups excluding carboxylic acids is 1. The zero-order valence-electron chi connectivity index (χ0n) is 15.7. The highest BCUT2D eigenvalue weighted by molar-refractivity contribution is 6.32. The Hall–Kier alpha value is -2.30. The van der Waals surface area contributed by atoms with Crippen LogP contribution in [0.4, 0.5) is 0 Å². The summed E-state index contributed by atoms with van der Waals surface area (Å²) in [6.07, 6.45) is 3.72. The highest BCUT2D eigenvalue weighted by atomic mass is 35.5. The number of allylic oxidation sites excluding steroid dienone is 1. The minimum absolute atomic E-state index is 0.0785. The maximum absolute atomic E-state index is 12.8. The van der Waals surface area contributed by atoms with Crippen LogP contribution in [0.25, 0.3) is 6.08 Å². The normalized spacial score (nSPS) is 14.7. The fourth-order valence-corrected chi connectivity index (χ4v) is 3.64. The molecule has 3 rings (SSSR count). The van der Waals surface area contributed by atoms with Crippen molar-refractivity contribution in [2.24, 2.45) is 0 Å². The number of ketones is 1. The van der Waals surface area contributed by atoms with Crippen LogP contribution in [0.15, 0.2) is 42.2 Å². The fourth-order valence-electron chi connectivity index (χ4n) is 3.45. The molecule has 0 saturated heterocycles. The van der Waals surface area contributed by atoms with Gasteiger partial charge in [0.15, 0.2) is 5.76 Å². The van der Waals surface area contributed by atoms with Gasteiger partial charge in [-0.1, -0.05) is 55.5 Å². The average Bonchev–Trinajstić information content (AvgIpc) is 2.96. The van der Waals surface area contributed by atoms with Gasteiger partial charge in [-0.2, -0.15) is 0 Å². The second-order valence-electron chi connectivity index (χ2n) is 6.81. The van der Waals surface area contributed by atoms with Crippen molar-refractivity contribution in [3.63, 3.8) is 0 Å². The molecule has 0 saturated carbocycles. The summed E-state index contributed by atoms with van der Waals surface area (Å²) in [6, 6.07) is 10.3. The lowest BCUT2D eigenvalue weighted by Gasteiger charge is -2.23. The van der Waals surface area contributed by atoms with Gasteiger partial charge in [0, 0.05) is 10.6 Å². The summed E-state index contributed by atoms with van der Waals surface area (Å²) in [4.78, 5) is 14.1. The SMILES string of the molecule is CCC[NH+](CCC)Cc1c([O-])ccc2c1O/C(=C\c1ccccc1Cl)C2=O. The third-order valence-electron chi connectivity index (χ3n) is 4.72. The van der Waals surface area contributed by atoms with Gasteiger partial charge in [0.25, 0.3) is 0 Å². The van der Waals surface area contributed by atoms with Crippen molar-refractivity contribution < 1.29 is 19.5 Å². The number of fused-ring (bicyclic) bond motifs is 1. The second-order valence-corrected chi connectivity index (χ2v) is 7.21. The van der Waals surface area contributed by atoms with E-state index in [0.29, 0.717) is 34.0 Å². The van der Waals surface area contributed by atoms with Crippen LogP contribution in [0.1, 0.15) is 48.2 Å². The van der Waals surface area contributed by atoms with Crippen molar-refractivity contribution in [3.05, 3.63) is 63.9 Å². The largest absolute Gasteiger partial charge is 0.872 e. The van der Waals surface area contributed by atoms with E-state index in [9.17, 15) is 9.90 Å². The lowest BCUT2D eigenvalue weighted by molar-refractivity contribution is -0.914. The zero-order chi connectivity index (χ0) is 19.4. The fraction of sp³-hybridized carbons (Fsp3) is 0.318. The molecule has 0 spiro atoms. The van der Waals surface area contributed by atoms with E-state index in [1.165, 1.54) is 11.0 Å². The van der Waals surface area contributed by atoms with Crippen LogP contribution in [0.5, 0.6) is 11.5 Å². The Kier molecular flexibility index (Phi) is 6.19. The standard InChI is InChI=1S/C22H24ClNO3/c1-3-11-24(12-4-2)14-17-19(25)10-9-16-21(26)20(27-22(16)17)13-15-7-5-6-8-18(15)23/h5-10,13,25H,3-4,11-12,14H2,1-2H3/b20-13-. The molecule has 1 aliphatic heterocycles. The molecular weight excluding hydrogens is 362 g/mol. The van der Waals surface area contributed by atoms with Gasteiger partial charge in [-0.3, -0.25) is 4.79 Å². The second kappa shape index (κ2) is 8.59. The van der Waals surface area contributed by atoms with Crippen molar-refractivity contribution in [1.29, 1.82) is 0 Å². The maximum atomic E-state index is 12.8. The van der Waals surface area contributed by atoms with E-state index in [1.54, 1.807) is 18.2 Å². The van der Waals surface area contributed by atoms with E-state index in [0.717, 1.165) is 25.9 Å². The van der Waals surface area contributed by atoms with Gasteiger partial charge in [0.05, 0.1) is 18.7 Å². The van der Waals surface area contributed by atoms with Gasteiger partial charge in [-0.05, 0) is 36.6 Å². The highest BCUT2D eigenvalue weighted by Gasteiger charge is 2.31. The van der Waals surface area contributed by atoms with Crippen LogP contribution >= 0.6 is 11.6 Å². The van der Waals surface area contributed by atoms with Crippen LogP contribution in [0.3, 0.4) is 0 Å². The number of hydrogen-bond acceptors (Lipinski definition) is 3. The zero-order valence-corrected chi connectivity index (χ0v) is 16.4. The van der Waals surface area contributed by atoms with Gasteiger partial charge < -0.3 is 14.7 Å². The van der Waals surface area contributed by atoms with Crippen molar-refractivity contribution >= 4 is 23.5 Å². The van der Waals surface area contributed by atoms with Gasteiger partial charge >= 0.3 is 0 Å². The van der Waals surface area contributed by atoms with E-state index in [-0.39, 0.29) is 17.3 Å². The molecule has 0 amide bonds. The predicted molar refractivity (Wildman–Crippen MR) is 105 cm³/mol. The summed E-state index contributed by atoms with van der Waals surface area (Å²) in [5.41, 5.74) is 1.75. The number of rotatable bonds is 7. The van der Waals surface area contributed by atoms with E-state index >= 15 is 0 Å². The van der Waals surface area contributed by atoms with Crippen molar-refractivity contribution in [2.45, 2.75) is 33.2 Å². The molecule has 0 aromatic heterocycles. The first-order valence-electron chi connectivity index (χ1n) is 9.40. The molecule has 0 fully saturated rings. The molecule has 0 atom stereocenters. The lowest BCUT2D eigenvalue weighted by atomic mass is 10.0. The molecule has 142 valence electrons. The molecule has 0 unspecified atom stereocenters. The number of carbonyl (C=O) groups is 1. The summed E-state index contributed by atoms with van der Waals surface area (Å²) in [6.45, 7) is 6.79.